The highest BCUT2D eigenvalue weighted by Gasteiger charge is 2.28. The molecule has 5 heteroatoms. The van der Waals surface area contributed by atoms with Crippen molar-refractivity contribution in [3.05, 3.63) is 71.8 Å². The number of amides is 1. The van der Waals surface area contributed by atoms with Gasteiger partial charge in [0.15, 0.2) is 0 Å². The van der Waals surface area contributed by atoms with Gasteiger partial charge in [0, 0.05) is 11.8 Å². The van der Waals surface area contributed by atoms with E-state index in [0.717, 1.165) is 11.1 Å². The van der Waals surface area contributed by atoms with Crippen molar-refractivity contribution in [1.82, 2.24) is 5.32 Å². The summed E-state index contributed by atoms with van der Waals surface area (Å²) in [5.74, 6) is -2.25. The molecule has 2 atom stereocenters. The first-order valence-electron chi connectivity index (χ1n) is 7.82. The average molecular weight is 343 g/mol. The zero-order valence-electron chi connectivity index (χ0n) is 13.3. The number of carbonyl (C=O) groups is 2. The first kappa shape index (κ1) is 18.1. The lowest BCUT2D eigenvalue weighted by molar-refractivity contribution is -0.147. The van der Waals surface area contributed by atoms with Crippen LogP contribution in [0.3, 0.4) is 0 Å². The van der Waals surface area contributed by atoms with Gasteiger partial charge < -0.3 is 10.4 Å². The molecule has 24 heavy (non-hydrogen) atoms. The number of carbonyl (C=O) groups excluding carboxylic acids is 1. The molecule has 0 aliphatic rings. The molecule has 0 spiro atoms. The third kappa shape index (κ3) is 5.42. The molecule has 1 amide bonds. The normalized spacial score (nSPS) is 13.0. The highest BCUT2D eigenvalue weighted by Crippen LogP contribution is 2.11. The number of aliphatic carboxylic acids is 1. The zero-order valence-corrected chi connectivity index (χ0v) is 14.2. The Labute approximate surface area is 147 Å². The Bertz CT molecular complexity index is 661. The standard InChI is InChI=1S/C19H21NO3S/c21-18(17(19(22)23)12-15-9-5-2-6-10-15)20-16(13-24)11-14-7-3-1-4-8-14/h1-10,16-17,24H,11-13H2,(H,20,21)(H,22,23)/t16?,17-/m0/s1. The fraction of sp³-hybridized carbons (Fsp3) is 0.263. The minimum atomic E-state index is -1.12. The van der Waals surface area contributed by atoms with Crippen molar-refractivity contribution >= 4 is 24.5 Å². The van der Waals surface area contributed by atoms with Gasteiger partial charge in [-0.15, -0.1) is 0 Å². The smallest absolute Gasteiger partial charge is 0.316 e. The number of benzene rings is 2. The van der Waals surface area contributed by atoms with Crippen LogP contribution in [-0.4, -0.2) is 28.8 Å². The average Bonchev–Trinajstić information content (AvgIpc) is 2.60. The molecule has 0 saturated carbocycles. The third-order valence-electron chi connectivity index (χ3n) is 3.79. The number of carboxylic acids is 1. The molecule has 0 radical (unpaired) electrons. The lowest BCUT2D eigenvalue weighted by Crippen LogP contribution is -2.44. The van der Waals surface area contributed by atoms with Gasteiger partial charge >= 0.3 is 5.97 Å². The Kier molecular flexibility index (Phi) is 6.88. The van der Waals surface area contributed by atoms with E-state index in [1.807, 2.05) is 60.7 Å². The summed E-state index contributed by atoms with van der Waals surface area (Å²) in [4.78, 5) is 23.9. The first-order chi connectivity index (χ1) is 11.6. The summed E-state index contributed by atoms with van der Waals surface area (Å²) in [6.45, 7) is 0. The second-order valence-corrected chi connectivity index (χ2v) is 6.02. The molecule has 0 bridgehead atoms. The maximum Gasteiger partial charge on any atom is 0.316 e. The molecule has 126 valence electrons. The summed E-state index contributed by atoms with van der Waals surface area (Å²) >= 11 is 4.28. The van der Waals surface area contributed by atoms with Crippen molar-refractivity contribution < 1.29 is 14.7 Å². The molecule has 2 aromatic rings. The molecule has 0 aromatic heterocycles. The molecular formula is C19H21NO3S. The maximum atomic E-state index is 12.4. The van der Waals surface area contributed by atoms with E-state index in [1.165, 1.54) is 0 Å². The number of thiol groups is 1. The van der Waals surface area contributed by atoms with E-state index >= 15 is 0 Å². The van der Waals surface area contributed by atoms with Crippen LogP contribution in [0.25, 0.3) is 0 Å². The van der Waals surface area contributed by atoms with E-state index < -0.39 is 17.8 Å². The lowest BCUT2D eigenvalue weighted by Gasteiger charge is -2.20. The minimum absolute atomic E-state index is 0.173. The Hall–Kier alpha value is -2.27. The highest BCUT2D eigenvalue weighted by molar-refractivity contribution is 7.80. The fourth-order valence-electron chi connectivity index (χ4n) is 2.50. The number of nitrogens with one attached hydrogen (secondary N) is 1. The Morgan fingerprint density at radius 2 is 1.42 bits per heavy atom. The van der Waals surface area contributed by atoms with E-state index in [-0.39, 0.29) is 12.5 Å². The van der Waals surface area contributed by atoms with E-state index in [0.29, 0.717) is 12.2 Å². The second-order valence-electron chi connectivity index (χ2n) is 5.66. The van der Waals surface area contributed by atoms with Gasteiger partial charge in [0.25, 0.3) is 0 Å². The van der Waals surface area contributed by atoms with E-state index in [2.05, 4.69) is 17.9 Å². The molecule has 1 unspecified atom stereocenters. The zero-order chi connectivity index (χ0) is 17.4. The van der Waals surface area contributed by atoms with Crippen LogP contribution in [-0.2, 0) is 22.4 Å². The molecule has 0 aliphatic carbocycles. The monoisotopic (exact) mass is 343 g/mol. The molecule has 0 heterocycles. The van der Waals surface area contributed by atoms with Crippen LogP contribution >= 0.6 is 12.6 Å². The van der Waals surface area contributed by atoms with Crippen molar-refractivity contribution in [3.63, 3.8) is 0 Å². The van der Waals surface area contributed by atoms with Gasteiger partial charge in [-0.05, 0) is 24.0 Å². The van der Waals surface area contributed by atoms with E-state index in [4.69, 9.17) is 0 Å². The minimum Gasteiger partial charge on any atom is -0.481 e. The van der Waals surface area contributed by atoms with Gasteiger partial charge in [0.05, 0.1) is 0 Å². The van der Waals surface area contributed by atoms with Crippen molar-refractivity contribution in [2.24, 2.45) is 5.92 Å². The Morgan fingerprint density at radius 3 is 1.88 bits per heavy atom. The van der Waals surface area contributed by atoms with Crippen molar-refractivity contribution in [2.45, 2.75) is 18.9 Å². The van der Waals surface area contributed by atoms with Crippen LogP contribution in [0.15, 0.2) is 60.7 Å². The summed E-state index contributed by atoms with van der Waals surface area (Å²) in [6.07, 6.45) is 0.792. The van der Waals surface area contributed by atoms with E-state index in [9.17, 15) is 14.7 Å². The largest absolute Gasteiger partial charge is 0.481 e. The van der Waals surface area contributed by atoms with Gasteiger partial charge in [-0.3, -0.25) is 9.59 Å². The molecule has 2 rings (SSSR count). The number of hydrogen-bond acceptors (Lipinski definition) is 3. The topological polar surface area (TPSA) is 66.4 Å². The van der Waals surface area contributed by atoms with E-state index in [1.54, 1.807) is 0 Å². The van der Waals surface area contributed by atoms with Crippen molar-refractivity contribution in [1.29, 1.82) is 0 Å². The van der Waals surface area contributed by atoms with Gasteiger partial charge in [-0.2, -0.15) is 12.6 Å². The van der Waals surface area contributed by atoms with Crippen LogP contribution in [0.1, 0.15) is 11.1 Å². The van der Waals surface area contributed by atoms with Gasteiger partial charge in [0.1, 0.15) is 5.92 Å². The van der Waals surface area contributed by atoms with Crippen molar-refractivity contribution in [2.75, 3.05) is 5.75 Å². The Morgan fingerprint density at radius 1 is 0.917 bits per heavy atom. The number of hydrogen-bond donors (Lipinski definition) is 3. The lowest BCUT2D eigenvalue weighted by atomic mass is 9.97. The molecule has 4 nitrogen and oxygen atoms in total. The van der Waals surface area contributed by atoms with Crippen LogP contribution in [0.2, 0.25) is 0 Å². The Balaban J connectivity index is 2.01. The molecular weight excluding hydrogens is 322 g/mol. The first-order valence-corrected chi connectivity index (χ1v) is 8.45. The van der Waals surface area contributed by atoms with Crippen LogP contribution < -0.4 is 5.32 Å². The predicted octanol–water partition coefficient (Wildman–Crippen LogP) is 2.59. The van der Waals surface area contributed by atoms with Gasteiger partial charge in [-0.1, -0.05) is 60.7 Å². The summed E-state index contributed by atoms with van der Waals surface area (Å²) in [6, 6.07) is 18.7. The molecule has 0 aliphatic heterocycles. The SMILES string of the molecule is O=C(O)[C@@H](Cc1ccccc1)C(=O)NC(CS)Cc1ccccc1. The highest BCUT2D eigenvalue weighted by atomic mass is 32.1. The molecule has 2 N–H and O–H groups in total. The molecule has 2 aromatic carbocycles. The van der Waals surface area contributed by atoms with Crippen molar-refractivity contribution in [3.8, 4) is 0 Å². The summed E-state index contributed by atoms with van der Waals surface area (Å²) in [7, 11) is 0. The third-order valence-corrected chi connectivity index (χ3v) is 4.23. The number of rotatable bonds is 8. The molecule has 0 saturated heterocycles. The molecule has 0 fully saturated rings. The summed E-state index contributed by atoms with van der Waals surface area (Å²) in [5.41, 5.74) is 1.90. The quantitative estimate of drug-likeness (QED) is 0.510. The van der Waals surface area contributed by atoms with Gasteiger partial charge in [-0.25, -0.2) is 0 Å². The van der Waals surface area contributed by atoms with Gasteiger partial charge in [0.2, 0.25) is 5.91 Å². The summed E-state index contributed by atoms with van der Waals surface area (Å²) < 4.78 is 0. The maximum absolute atomic E-state index is 12.4. The number of carboxylic acid groups (broad SMARTS) is 1. The van der Waals surface area contributed by atoms with Crippen LogP contribution in [0, 0.1) is 5.92 Å². The van der Waals surface area contributed by atoms with Crippen LogP contribution in [0.4, 0.5) is 0 Å². The predicted molar refractivity (Wildman–Crippen MR) is 97.2 cm³/mol. The summed E-state index contributed by atoms with van der Waals surface area (Å²) in [5, 5.41) is 12.2. The fourth-order valence-corrected chi connectivity index (χ4v) is 2.72. The second kappa shape index (κ2) is 9.13. The van der Waals surface area contributed by atoms with Crippen LogP contribution in [0.5, 0.6) is 0 Å².